The normalized spacial score (nSPS) is 10.3. The van der Waals surface area contributed by atoms with Gasteiger partial charge in [0.15, 0.2) is 10.4 Å². The molecule has 0 aliphatic rings. The van der Waals surface area contributed by atoms with Crippen LogP contribution in [0.1, 0.15) is 39.0 Å². The van der Waals surface area contributed by atoms with Gasteiger partial charge in [-0.05, 0) is 53.5 Å². The minimum Gasteiger partial charge on any atom is -0.444 e. The van der Waals surface area contributed by atoms with Gasteiger partial charge in [0, 0.05) is 24.2 Å². The van der Waals surface area contributed by atoms with E-state index < -0.39 is 0 Å². The molecular weight excluding hydrogens is 348 g/mol. The van der Waals surface area contributed by atoms with E-state index >= 15 is 0 Å². The van der Waals surface area contributed by atoms with Gasteiger partial charge in [0.25, 0.3) is 11.8 Å². The Morgan fingerprint density at radius 2 is 1.82 bits per heavy atom. The quantitative estimate of drug-likeness (QED) is 0.856. The third-order valence-electron chi connectivity index (χ3n) is 3.10. The standard InChI is InChI=1S/C16H17BrN2O3/c1-3-18-15(20)12-6-4-11(5-7-12)9-19-16(21)14-10(2)8-13(17)22-14/h4-8H,3,9H2,1-2H3,(H,18,20)(H,19,21). The molecule has 0 atom stereocenters. The van der Waals surface area contributed by atoms with Crippen LogP contribution in [0.15, 0.2) is 39.4 Å². The number of nitrogens with one attached hydrogen (secondary N) is 2. The first kappa shape index (κ1) is 16.3. The molecule has 0 saturated carbocycles. The highest BCUT2D eigenvalue weighted by molar-refractivity contribution is 9.10. The Morgan fingerprint density at radius 3 is 2.36 bits per heavy atom. The summed E-state index contributed by atoms with van der Waals surface area (Å²) in [6.45, 7) is 4.64. The first-order chi connectivity index (χ1) is 10.5. The van der Waals surface area contributed by atoms with E-state index in [1.807, 2.05) is 26.0 Å². The predicted molar refractivity (Wildman–Crippen MR) is 86.8 cm³/mol. The number of amides is 2. The number of benzene rings is 1. The van der Waals surface area contributed by atoms with Gasteiger partial charge in [0.05, 0.1) is 0 Å². The SMILES string of the molecule is CCNC(=O)c1ccc(CNC(=O)c2oc(Br)cc2C)cc1. The summed E-state index contributed by atoms with van der Waals surface area (Å²) in [5.41, 5.74) is 2.28. The molecule has 1 aromatic heterocycles. The highest BCUT2D eigenvalue weighted by Crippen LogP contribution is 2.19. The number of hydrogen-bond donors (Lipinski definition) is 2. The van der Waals surface area contributed by atoms with E-state index in [0.717, 1.165) is 11.1 Å². The largest absolute Gasteiger partial charge is 0.444 e. The Morgan fingerprint density at radius 1 is 1.14 bits per heavy atom. The van der Waals surface area contributed by atoms with Crippen molar-refractivity contribution in [1.29, 1.82) is 0 Å². The first-order valence-corrected chi connectivity index (χ1v) is 7.71. The lowest BCUT2D eigenvalue weighted by molar-refractivity contribution is 0.0919. The van der Waals surface area contributed by atoms with Crippen molar-refractivity contribution in [2.75, 3.05) is 6.54 Å². The van der Waals surface area contributed by atoms with Crippen LogP contribution in [-0.2, 0) is 6.54 Å². The Hall–Kier alpha value is -2.08. The number of carbonyl (C=O) groups is 2. The summed E-state index contributed by atoms with van der Waals surface area (Å²) in [6.07, 6.45) is 0. The summed E-state index contributed by atoms with van der Waals surface area (Å²) >= 11 is 3.20. The zero-order valence-electron chi connectivity index (χ0n) is 12.4. The van der Waals surface area contributed by atoms with Gasteiger partial charge in [-0.3, -0.25) is 9.59 Å². The Bertz CT molecular complexity index is 677. The molecule has 116 valence electrons. The lowest BCUT2D eigenvalue weighted by Crippen LogP contribution is -2.24. The van der Waals surface area contributed by atoms with Crippen molar-refractivity contribution in [1.82, 2.24) is 10.6 Å². The van der Waals surface area contributed by atoms with E-state index in [0.29, 0.717) is 29.1 Å². The minimum atomic E-state index is -0.268. The average Bonchev–Trinajstić information content (AvgIpc) is 2.84. The second kappa shape index (κ2) is 7.26. The van der Waals surface area contributed by atoms with Crippen molar-refractivity contribution in [2.24, 2.45) is 0 Å². The molecule has 2 amide bonds. The maximum absolute atomic E-state index is 12.0. The third-order valence-corrected chi connectivity index (χ3v) is 3.49. The van der Waals surface area contributed by atoms with Crippen LogP contribution in [0.2, 0.25) is 0 Å². The molecule has 0 spiro atoms. The van der Waals surface area contributed by atoms with Crippen LogP contribution in [0, 0.1) is 6.92 Å². The Balaban J connectivity index is 1.96. The van der Waals surface area contributed by atoms with Gasteiger partial charge in [-0.15, -0.1) is 0 Å². The van der Waals surface area contributed by atoms with Crippen molar-refractivity contribution < 1.29 is 14.0 Å². The van der Waals surface area contributed by atoms with E-state index in [-0.39, 0.29) is 11.8 Å². The lowest BCUT2D eigenvalue weighted by atomic mass is 10.1. The molecular formula is C16H17BrN2O3. The summed E-state index contributed by atoms with van der Waals surface area (Å²) in [7, 11) is 0. The number of aryl methyl sites for hydroxylation is 1. The zero-order chi connectivity index (χ0) is 16.1. The highest BCUT2D eigenvalue weighted by Gasteiger charge is 2.14. The van der Waals surface area contributed by atoms with Crippen LogP contribution in [0.5, 0.6) is 0 Å². The Kier molecular flexibility index (Phi) is 5.38. The summed E-state index contributed by atoms with van der Waals surface area (Å²) in [4.78, 5) is 23.7. The Labute approximate surface area is 137 Å². The molecule has 1 heterocycles. The molecule has 0 bridgehead atoms. The maximum Gasteiger partial charge on any atom is 0.287 e. The summed E-state index contributed by atoms with van der Waals surface area (Å²) in [5.74, 6) is -0.0732. The number of hydrogen-bond acceptors (Lipinski definition) is 3. The van der Waals surface area contributed by atoms with Crippen LogP contribution in [0.25, 0.3) is 0 Å². The smallest absolute Gasteiger partial charge is 0.287 e. The van der Waals surface area contributed by atoms with E-state index in [1.165, 1.54) is 0 Å². The summed E-state index contributed by atoms with van der Waals surface area (Å²) in [5, 5.41) is 5.53. The van der Waals surface area contributed by atoms with Gasteiger partial charge in [0.1, 0.15) is 0 Å². The monoisotopic (exact) mass is 364 g/mol. The van der Waals surface area contributed by atoms with E-state index in [2.05, 4.69) is 26.6 Å². The second-order valence-corrected chi connectivity index (χ2v) is 5.58. The molecule has 22 heavy (non-hydrogen) atoms. The van der Waals surface area contributed by atoms with Crippen LogP contribution in [0.4, 0.5) is 0 Å². The number of carbonyl (C=O) groups excluding carboxylic acids is 2. The van der Waals surface area contributed by atoms with E-state index in [9.17, 15) is 9.59 Å². The summed E-state index contributed by atoms with van der Waals surface area (Å²) in [6, 6.07) is 8.85. The third kappa shape index (κ3) is 3.98. The van der Waals surface area contributed by atoms with Gasteiger partial charge in [-0.2, -0.15) is 0 Å². The van der Waals surface area contributed by atoms with Crippen molar-refractivity contribution in [3.63, 3.8) is 0 Å². The van der Waals surface area contributed by atoms with Gasteiger partial charge in [-0.1, -0.05) is 12.1 Å². The molecule has 0 radical (unpaired) electrons. The topological polar surface area (TPSA) is 71.3 Å². The number of rotatable bonds is 5. The van der Waals surface area contributed by atoms with Gasteiger partial charge >= 0.3 is 0 Å². The van der Waals surface area contributed by atoms with Crippen LogP contribution in [-0.4, -0.2) is 18.4 Å². The van der Waals surface area contributed by atoms with Crippen molar-refractivity contribution in [3.05, 3.63) is 57.5 Å². The first-order valence-electron chi connectivity index (χ1n) is 6.92. The van der Waals surface area contributed by atoms with E-state index in [1.54, 1.807) is 18.2 Å². The second-order valence-electron chi connectivity index (χ2n) is 4.80. The fourth-order valence-corrected chi connectivity index (χ4v) is 2.47. The van der Waals surface area contributed by atoms with Gasteiger partial charge in [-0.25, -0.2) is 0 Å². The van der Waals surface area contributed by atoms with Gasteiger partial charge < -0.3 is 15.1 Å². The zero-order valence-corrected chi connectivity index (χ0v) is 14.0. The molecule has 2 aromatic rings. The number of furan rings is 1. The number of halogens is 1. The van der Waals surface area contributed by atoms with Gasteiger partial charge in [0.2, 0.25) is 0 Å². The van der Waals surface area contributed by atoms with Crippen LogP contribution in [0.3, 0.4) is 0 Å². The average molecular weight is 365 g/mol. The fourth-order valence-electron chi connectivity index (χ4n) is 1.97. The fraction of sp³-hybridized carbons (Fsp3) is 0.250. The molecule has 5 nitrogen and oxygen atoms in total. The lowest BCUT2D eigenvalue weighted by Gasteiger charge is -2.06. The molecule has 0 saturated heterocycles. The molecule has 0 fully saturated rings. The molecule has 0 aliphatic heterocycles. The predicted octanol–water partition coefficient (Wildman–Crippen LogP) is 3.03. The molecule has 0 unspecified atom stereocenters. The molecule has 1 aromatic carbocycles. The maximum atomic E-state index is 12.0. The molecule has 0 aliphatic carbocycles. The van der Waals surface area contributed by atoms with Crippen molar-refractivity contribution >= 4 is 27.7 Å². The van der Waals surface area contributed by atoms with E-state index in [4.69, 9.17) is 4.42 Å². The molecule has 2 N–H and O–H groups in total. The van der Waals surface area contributed by atoms with Crippen molar-refractivity contribution in [3.8, 4) is 0 Å². The minimum absolute atomic E-state index is 0.103. The molecule has 2 rings (SSSR count). The van der Waals surface area contributed by atoms with Crippen molar-refractivity contribution in [2.45, 2.75) is 20.4 Å². The summed E-state index contributed by atoms with van der Waals surface area (Å²) < 4.78 is 5.82. The van der Waals surface area contributed by atoms with Crippen LogP contribution >= 0.6 is 15.9 Å². The van der Waals surface area contributed by atoms with Crippen LogP contribution < -0.4 is 10.6 Å². The molecule has 6 heteroatoms. The highest BCUT2D eigenvalue weighted by atomic mass is 79.9.